The Labute approximate surface area is 192 Å². The fourth-order valence-electron chi connectivity index (χ4n) is 3.21. The van der Waals surface area contributed by atoms with E-state index < -0.39 is 6.61 Å². The number of nitrogens with one attached hydrogen (secondary N) is 1. The molecule has 0 fully saturated rings. The largest absolute Gasteiger partial charge is 0.435 e. The van der Waals surface area contributed by atoms with Gasteiger partial charge in [0.15, 0.2) is 5.16 Å². The first-order valence-corrected chi connectivity index (χ1v) is 11.0. The van der Waals surface area contributed by atoms with Crippen molar-refractivity contribution in [1.82, 2.24) is 9.55 Å². The number of para-hydroxylation sites is 1. The van der Waals surface area contributed by atoms with Crippen LogP contribution in [0.1, 0.15) is 5.56 Å². The highest BCUT2D eigenvalue weighted by molar-refractivity contribution is 7.99. The number of amides is 1. The predicted octanol–water partition coefficient (Wildman–Crippen LogP) is 4.78. The fourth-order valence-corrected chi connectivity index (χ4v) is 4.01. The van der Waals surface area contributed by atoms with Crippen molar-refractivity contribution in [3.63, 3.8) is 0 Å². The zero-order valence-electron chi connectivity index (χ0n) is 17.3. The van der Waals surface area contributed by atoms with Gasteiger partial charge in [0, 0.05) is 5.69 Å². The average Bonchev–Trinajstić information content (AvgIpc) is 2.81. The topological polar surface area (TPSA) is 73.2 Å². The van der Waals surface area contributed by atoms with Crippen molar-refractivity contribution in [3.8, 4) is 5.75 Å². The van der Waals surface area contributed by atoms with E-state index in [0.29, 0.717) is 28.3 Å². The first-order valence-electron chi connectivity index (χ1n) is 10.0. The number of hydrogen-bond acceptors (Lipinski definition) is 5. The van der Waals surface area contributed by atoms with Crippen LogP contribution in [0.25, 0.3) is 10.9 Å². The van der Waals surface area contributed by atoms with Gasteiger partial charge in [0.05, 0.1) is 23.2 Å². The molecule has 4 aromatic rings. The molecule has 1 amide bonds. The van der Waals surface area contributed by atoms with E-state index in [1.165, 1.54) is 24.3 Å². The van der Waals surface area contributed by atoms with Gasteiger partial charge in [-0.15, -0.1) is 0 Å². The minimum atomic E-state index is -2.91. The molecule has 0 aliphatic heterocycles. The minimum absolute atomic E-state index is 0.00247. The molecule has 0 aliphatic carbocycles. The van der Waals surface area contributed by atoms with Crippen LogP contribution in [-0.4, -0.2) is 27.8 Å². The number of aromatic nitrogens is 2. The summed E-state index contributed by atoms with van der Waals surface area (Å²) in [4.78, 5) is 30.2. The molecule has 1 N–H and O–H groups in total. The Balaban J connectivity index is 1.52. The van der Waals surface area contributed by atoms with Crippen molar-refractivity contribution >= 4 is 34.3 Å². The number of benzene rings is 3. The first-order chi connectivity index (χ1) is 16.0. The lowest BCUT2D eigenvalue weighted by Crippen LogP contribution is -2.24. The summed E-state index contributed by atoms with van der Waals surface area (Å²) in [6.45, 7) is -2.59. The lowest BCUT2D eigenvalue weighted by Gasteiger charge is -2.13. The zero-order valence-corrected chi connectivity index (χ0v) is 18.1. The third kappa shape index (κ3) is 5.75. The van der Waals surface area contributed by atoms with Crippen LogP contribution in [0.4, 0.5) is 14.5 Å². The summed E-state index contributed by atoms with van der Waals surface area (Å²) in [7, 11) is 0. The van der Waals surface area contributed by atoms with Gasteiger partial charge in [-0.05, 0) is 42.0 Å². The van der Waals surface area contributed by atoms with E-state index in [4.69, 9.17) is 0 Å². The Morgan fingerprint density at radius 1 is 1.00 bits per heavy atom. The molecule has 0 aliphatic rings. The van der Waals surface area contributed by atoms with Crippen molar-refractivity contribution in [1.29, 1.82) is 0 Å². The number of nitrogens with zero attached hydrogens (tertiary/aromatic N) is 2. The normalized spacial score (nSPS) is 11.0. The molecule has 168 valence electrons. The van der Waals surface area contributed by atoms with Crippen LogP contribution in [0.3, 0.4) is 0 Å². The second-order valence-corrected chi connectivity index (χ2v) is 7.97. The molecule has 0 radical (unpaired) electrons. The minimum Gasteiger partial charge on any atom is -0.435 e. The molecule has 9 heteroatoms. The fraction of sp³-hybridized carbons (Fsp3) is 0.125. The number of thioether (sulfide) groups is 1. The van der Waals surface area contributed by atoms with E-state index in [9.17, 15) is 18.4 Å². The number of hydrogen-bond donors (Lipinski definition) is 1. The highest BCUT2D eigenvalue weighted by Crippen LogP contribution is 2.21. The van der Waals surface area contributed by atoms with Crippen LogP contribution in [0, 0.1) is 0 Å². The number of anilines is 1. The highest BCUT2D eigenvalue weighted by atomic mass is 32.2. The predicted molar refractivity (Wildman–Crippen MR) is 124 cm³/mol. The second-order valence-electron chi connectivity index (χ2n) is 7.03. The van der Waals surface area contributed by atoms with Crippen LogP contribution < -0.4 is 15.6 Å². The molecular formula is C24H19F2N3O3S. The molecule has 0 spiro atoms. The molecule has 1 aromatic heterocycles. The van der Waals surface area contributed by atoms with E-state index in [-0.39, 0.29) is 23.0 Å². The summed E-state index contributed by atoms with van der Waals surface area (Å²) in [6.07, 6.45) is 0. The van der Waals surface area contributed by atoms with Gasteiger partial charge in [-0.2, -0.15) is 8.78 Å². The van der Waals surface area contributed by atoms with Crippen LogP contribution in [-0.2, 0) is 11.3 Å². The van der Waals surface area contributed by atoms with Gasteiger partial charge in [0.1, 0.15) is 5.75 Å². The van der Waals surface area contributed by atoms with Crippen LogP contribution >= 0.6 is 11.8 Å². The van der Waals surface area contributed by atoms with Crippen molar-refractivity contribution in [2.45, 2.75) is 18.3 Å². The molecule has 1 heterocycles. The summed E-state index contributed by atoms with van der Waals surface area (Å²) >= 11 is 1.15. The Morgan fingerprint density at radius 2 is 1.70 bits per heavy atom. The molecule has 0 unspecified atom stereocenters. The number of halogens is 2. The van der Waals surface area contributed by atoms with Crippen molar-refractivity contribution in [2.75, 3.05) is 11.1 Å². The van der Waals surface area contributed by atoms with Crippen molar-refractivity contribution in [3.05, 3.63) is 94.8 Å². The summed E-state index contributed by atoms with van der Waals surface area (Å²) in [5, 5.41) is 3.63. The molecule has 3 aromatic carbocycles. The van der Waals surface area contributed by atoms with Gasteiger partial charge in [0.25, 0.3) is 5.56 Å². The van der Waals surface area contributed by atoms with Gasteiger partial charge >= 0.3 is 6.61 Å². The van der Waals surface area contributed by atoms with E-state index in [0.717, 1.165) is 17.3 Å². The van der Waals surface area contributed by atoms with Gasteiger partial charge in [-0.3, -0.25) is 14.2 Å². The van der Waals surface area contributed by atoms with Gasteiger partial charge < -0.3 is 10.1 Å². The Bertz CT molecular complexity index is 1310. The third-order valence-corrected chi connectivity index (χ3v) is 5.68. The number of carbonyl (C=O) groups excluding carboxylic acids is 1. The van der Waals surface area contributed by atoms with Crippen LogP contribution in [0.5, 0.6) is 5.75 Å². The lowest BCUT2D eigenvalue weighted by atomic mass is 10.2. The van der Waals surface area contributed by atoms with Crippen LogP contribution in [0.15, 0.2) is 88.8 Å². The van der Waals surface area contributed by atoms with Gasteiger partial charge in [-0.25, -0.2) is 4.98 Å². The van der Waals surface area contributed by atoms with E-state index in [1.54, 1.807) is 28.8 Å². The Kier molecular flexibility index (Phi) is 6.99. The highest BCUT2D eigenvalue weighted by Gasteiger charge is 2.14. The molecule has 0 saturated carbocycles. The SMILES string of the molecule is O=C(CSc1nc2ccccc2c(=O)n1Cc1ccccc1)Nc1ccc(OC(F)F)cc1. The maximum absolute atomic E-state index is 13.1. The Hall–Kier alpha value is -3.72. The quantitative estimate of drug-likeness (QED) is 0.298. The lowest BCUT2D eigenvalue weighted by molar-refractivity contribution is -0.113. The van der Waals surface area contributed by atoms with Crippen molar-refractivity contribution in [2.24, 2.45) is 0 Å². The number of alkyl halides is 2. The Morgan fingerprint density at radius 3 is 2.42 bits per heavy atom. The molecular weight excluding hydrogens is 448 g/mol. The van der Waals surface area contributed by atoms with E-state index in [1.807, 2.05) is 30.3 Å². The van der Waals surface area contributed by atoms with Gasteiger partial charge in [-0.1, -0.05) is 54.2 Å². The summed E-state index contributed by atoms with van der Waals surface area (Å²) in [6, 6.07) is 22.2. The maximum atomic E-state index is 13.1. The molecule has 6 nitrogen and oxygen atoms in total. The number of fused-ring (bicyclic) bond motifs is 1. The van der Waals surface area contributed by atoms with E-state index >= 15 is 0 Å². The van der Waals surface area contributed by atoms with Crippen molar-refractivity contribution < 1.29 is 18.3 Å². The zero-order chi connectivity index (χ0) is 23.2. The summed E-state index contributed by atoms with van der Waals surface area (Å²) < 4.78 is 30.4. The van der Waals surface area contributed by atoms with E-state index in [2.05, 4.69) is 15.0 Å². The molecule has 0 saturated heterocycles. The summed E-state index contributed by atoms with van der Waals surface area (Å²) in [5.74, 6) is -0.312. The smallest absolute Gasteiger partial charge is 0.387 e. The number of rotatable bonds is 8. The second kappa shape index (κ2) is 10.3. The monoisotopic (exact) mass is 467 g/mol. The first kappa shape index (κ1) is 22.5. The molecule has 0 bridgehead atoms. The third-order valence-electron chi connectivity index (χ3n) is 4.71. The average molecular weight is 467 g/mol. The van der Waals surface area contributed by atoms with Crippen LogP contribution in [0.2, 0.25) is 0 Å². The molecule has 0 atom stereocenters. The summed E-state index contributed by atoms with van der Waals surface area (Å²) in [5.41, 5.74) is 1.76. The molecule has 4 rings (SSSR count). The maximum Gasteiger partial charge on any atom is 0.387 e. The standard InChI is InChI=1S/C24H19F2N3O3S/c25-23(26)32-18-12-10-17(11-13-18)27-21(30)15-33-24-28-20-9-5-4-8-19(20)22(31)29(24)14-16-6-2-1-3-7-16/h1-13,23H,14-15H2,(H,27,30). The number of ether oxygens (including phenoxy) is 1. The van der Waals surface area contributed by atoms with Gasteiger partial charge in [0.2, 0.25) is 5.91 Å². The molecule has 33 heavy (non-hydrogen) atoms. The number of carbonyl (C=O) groups is 1.